The Labute approximate surface area is 154 Å². The van der Waals surface area contributed by atoms with Crippen molar-refractivity contribution in [2.75, 3.05) is 0 Å². The summed E-state index contributed by atoms with van der Waals surface area (Å²) in [6.07, 6.45) is 0.0266. The Balaban J connectivity index is 2.27. The average molecular weight is 380 g/mol. The van der Waals surface area contributed by atoms with Gasteiger partial charge in [0.05, 0.1) is 17.0 Å². The van der Waals surface area contributed by atoms with Gasteiger partial charge in [0.2, 0.25) is 0 Å². The van der Waals surface area contributed by atoms with E-state index in [1.165, 1.54) is 25.2 Å². The third-order valence-electron chi connectivity index (χ3n) is 4.31. The first-order valence-electron chi connectivity index (χ1n) is 8.15. The van der Waals surface area contributed by atoms with Gasteiger partial charge in [-0.05, 0) is 32.9 Å². The molecule has 0 amide bonds. The number of thiazole rings is 1. The Bertz CT molecular complexity index is 870. The van der Waals surface area contributed by atoms with Crippen molar-refractivity contribution in [3.8, 4) is 0 Å². The van der Waals surface area contributed by atoms with Crippen LogP contribution in [0.25, 0.3) is 0 Å². The fraction of sp³-hybridized carbons (Fsp3) is 0.474. The predicted molar refractivity (Wildman–Crippen MR) is 102 cm³/mol. The van der Waals surface area contributed by atoms with Crippen LogP contribution in [-0.4, -0.2) is 23.9 Å². The minimum atomic E-state index is -3.77. The second-order valence-corrected chi connectivity index (χ2v) is 11.2. The summed E-state index contributed by atoms with van der Waals surface area (Å²) in [5, 5.41) is 2.59. The van der Waals surface area contributed by atoms with Crippen molar-refractivity contribution in [3.05, 3.63) is 45.9 Å². The van der Waals surface area contributed by atoms with Crippen LogP contribution in [0.15, 0.2) is 34.5 Å². The first-order chi connectivity index (χ1) is 11.4. The number of sulfone groups is 1. The summed E-state index contributed by atoms with van der Waals surface area (Å²) in [4.78, 5) is 17.4. The second kappa shape index (κ2) is 6.65. The van der Waals surface area contributed by atoms with E-state index in [0.717, 1.165) is 11.3 Å². The molecule has 2 rings (SSSR count). The maximum absolute atomic E-state index is 12.9. The van der Waals surface area contributed by atoms with Crippen LogP contribution >= 0.6 is 11.3 Å². The summed E-state index contributed by atoms with van der Waals surface area (Å²) >= 11 is 1.40. The van der Waals surface area contributed by atoms with Gasteiger partial charge >= 0.3 is 0 Å². The molecule has 0 aliphatic heterocycles. The first-order valence-corrected chi connectivity index (χ1v) is 10.5. The van der Waals surface area contributed by atoms with E-state index in [1.807, 2.05) is 12.3 Å². The van der Waals surface area contributed by atoms with Gasteiger partial charge in [0.25, 0.3) is 0 Å². The summed E-state index contributed by atoms with van der Waals surface area (Å²) in [6.45, 7) is 11.0. The summed E-state index contributed by atoms with van der Waals surface area (Å²) in [6, 6.07) is 6.59. The average Bonchev–Trinajstić information content (AvgIpc) is 2.96. The van der Waals surface area contributed by atoms with Crippen molar-refractivity contribution >= 4 is 27.0 Å². The van der Waals surface area contributed by atoms with Gasteiger partial charge in [-0.2, -0.15) is 0 Å². The second-order valence-electron chi connectivity index (χ2n) is 7.80. The zero-order chi connectivity index (χ0) is 19.0. The van der Waals surface area contributed by atoms with Crippen LogP contribution < -0.4 is 0 Å². The van der Waals surface area contributed by atoms with E-state index < -0.39 is 14.6 Å². The third kappa shape index (κ3) is 4.01. The lowest BCUT2D eigenvalue weighted by molar-refractivity contribution is -0.120. The summed E-state index contributed by atoms with van der Waals surface area (Å²) in [7, 11) is -3.77. The number of nitrogens with zero attached hydrogens (tertiary/aromatic N) is 1. The van der Waals surface area contributed by atoms with Gasteiger partial charge in [-0.1, -0.05) is 38.5 Å². The van der Waals surface area contributed by atoms with Crippen molar-refractivity contribution in [2.24, 2.45) is 0 Å². The molecule has 1 aromatic heterocycles. The Kier molecular flexibility index (Phi) is 5.26. The van der Waals surface area contributed by atoms with Crippen LogP contribution in [0.2, 0.25) is 0 Å². The smallest absolute Gasteiger partial charge is 0.190 e. The van der Waals surface area contributed by atoms with E-state index in [4.69, 9.17) is 0 Å². The van der Waals surface area contributed by atoms with E-state index in [9.17, 15) is 13.2 Å². The molecular weight excluding hydrogens is 354 g/mol. The largest absolute Gasteiger partial charge is 0.297 e. The monoisotopic (exact) mass is 379 g/mol. The van der Waals surface area contributed by atoms with Gasteiger partial charge in [0.1, 0.15) is 9.75 Å². The SMILES string of the molecule is Cc1ccc(S(=O)(=O)C(C)(C)C(=O)Cc2nc(C(C)(C)C)cs2)cc1. The number of aryl methyl sites for hydroxylation is 1. The molecule has 0 spiro atoms. The Morgan fingerprint density at radius 1 is 1.08 bits per heavy atom. The minimum Gasteiger partial charge on any atom is -0.297 e. The van der Waals surface area contributed by atoms with Gasteiger partial charge < -0.3 is 0 Å². The Morgan fingerprint density at radius 2 is 1.64 bits per heavy atom. The maximum Gasteiger partial charge on any atom is 0.190 e. The molecule has 0 bridgehead atoms. The topological polar surface area (TPSA) is 64.1 Å². The molecule has 0 radical (unpaired) electrons. The highest BCUT2D eigenvalue weighted by molar-refractivity contribution is 7.93. The summed E-state index contributed by atoms with van der Waals surface area (Å²) in [5.74, 6) is -0.345. The number of Topliss-reactive ketones (excluding diaryl/α,β-unsaturated/α-hetero) is 1. The molecule has 25 heavy (non-hydrogen) atoms. The van der Waals surface area contributed by atoms with E-state index in [2.05, 4.69) is 25.8 Å². The van der Waals surface area contributed by atoms with Crippen molar-refractivity contribution in [1.29, 1.82) is 0 Å². The molecule has 2 aromatic rings. The molecule has 0 saturated heterocycles. The highest BCUT2D eigenvalue weighted by atomic mass is 32.2. The number of carbonyl (C=O) groups excluding carboxylic acids is 1. The van der Waals surface area contributed by atoms with Crippen LogP contribution in [0.5, 0.6) is 0 Å². The molecule has 1 aromatic carbocycles. The minimum absolute atomic E-state index is 0.0266. The zero-order valence-electron chi connectivity index (χ0n) is 15.6. The van der Waals surface area contributed by atoms with Crippen LogP contribution in [0.4, 0.5) is 0 Å². The van der Waals surface area contributed by atoms with Gasteiger partial charge in [-0.3, -0.25) is 4.79 Å². The molecule has 136 valence electrons. The molecule has 0 aliphatic carbocycles. The lowest BCUT2D eigenvalue weighted by Crippen LogP contribution is -2.41. The molecule has 0 unspecified atom stereocenters. The quantitative estimate of drug-likeness (QED) is 0.784. The van der Waals surface area contributed by atoms with Crippen molar-refractivity contribution in [2.45, 2.75) is 63.0 Å². The highest BCUT2D eigenvalue weighted by Crippen LogP contribution is 2.29. The molecule has 0 saturated carbocycles. The molecule has 0 N–H and O–H groups in total. The van der Waals surface area contributed by atoms with Gasteiger partial charge in [0.15, 0.2) is 15.6 Å². The number of benzene rings is 1. The molecule has 6 heteroatoms. The van der Waals surface area contributed by atoms with Crippen molar-refractivity contribution in [3.63, 3.8) is 0 Å². The van der Waals surface area contributed by atoms with Crippen LogP contribution in [0.1, 0.15) is 50.9 Å². The first kappa shape index (κ1) is 19.8. The van der Waals surface area contributed by atoms with Crippen molar-refractivity contribution < 1.29 is 13.2 Å². The third-order valence-corrected chi connectivity index (χ3v) is 7.62. The lowest BCUT2D eigenvalue weighted by Gasteiger charge is -2.23. The molecular formula is C19H25NO3S2. The maximum atomic E-state index is 12.9. The number of hydrogen-bond donors (Lipinski definition) is 0. The lowest BCUT2D eigenvalue weighted by atomic mass is 9.93. The van der Waals surface area contributed by atoms with Gasteiger partial charge in [-0.25, -0.2) is 13.4 Å². The number of carbonyl (C=O) groups is 1. The van der Waals surface area contributed by atoms with Gasteiger partial charge in [-0.15, -0.1) is 11.3 Å². The van der Waals surface area contributed by atoms with Crippen LogP contribution in [0, 0.1) is 6.92 Å². The number of ketones is 1. The van der Waals surface area contributed by atoms with E-state index in [-0.39, 0.29) is 22.5 Å². The summed E-state index contributed by atoms with van der Waals surface area (Å²) in [5.41, 5.74) is 1.79. The number of rotatable bonds is 5. The van der Waals surface area contributed by atoms with E-state index >= 15 is 0 Å². The Morgan fingerprint density at radius 3 is 2.12 bits per heavy atom. The Hall–Kier alpha value is -1.53. The number of hydrogen-bond acceptors (Lipinski definition) is 5. The van der Waals surface area contributed by atoms with Gasteiger partial charge in [0, 0.05) is 10.8 Å². The van der Waals surface area contributed by atoms with Crippen molar-refractivity contribution in [1.82, 2.24) is 4.98 Å². The molecule has 0 aliphatic rings. The number of aromatic nitrogens is 1. The van der Waals surface area contributed by atoms with E-state index in [1.54, 1.807) is 24.3 Å². The highest BCUT2D eigenvalue weighted by Gasteiger charge is 2.42. The fourth-order valence-electron chi connectivity index (χ4n) is 2.25. The zero-order valence-corrected chi connectivity index (χ0v) is 17.2. The standard InChI is InChI=1S/C19H25NO3S2/c1-13-7-9-14(10-8-13)25(22,23)19(5,6)16(21)11-17-20-15(12-24-17)18(2,3)4/h7-10,12H,11H2,1-6H3. The van der Waals surface area contributed by atoms with E-state index in [0.29, 0.717) is 5.01 Å². The fourth-order valence-corrected chi connectivity index (χ4v) is 4.72. The molecule has 4 nitrogen and oxygen atoms in total. The predicted octanol–water partition coefficient (Wildman–Crippen LogP) is 4.11. The summed E-state index contributed by atoms with van der Waals surface area (Å²) < 4.78 is 24.3. The normalized spacial score (nSPS) is 13.0. The van der Waals surface area contributed by atoms with Crippen LogP contribution in [0.3, 0.4) is 0 Å². The molecule has 0 atom stereocenters. The van der Waals surface area contributed by atoms with Crippen LogP contribution in [-0.2, 0) is 26.5 Å². The molecule has 0 fully saturated rings. The molecule has 1 heterocycles.